The number of aryl methyl sites for hydroxylation is 2. The topological polar surface area (TPSA) is 119 Å². The number of ether oxygens (including phenoxy) is 3. The average molecular weight is 675 g/mol. The van der Waals surface area contributed by atoms with Gasteiger partial charge in [-0.1, -0.05) is 0 Å². The molecule has 12 heteroatoms. The number of nitrogens with zero attached hydrogens (tertiary/aromatic N) is 4. The highest BCUT2D eigenvalue weighted by molar-refractivity contribution is 5.80. The SMILES string of the molecule is CCOC(=O)C(OC(C)(C)C)c1c(C)nc2cc(CCCc3c(O)ccc(F)c3F)nn2c1N1CCC(C)(OCCCCC(C)O)CC1. The molecule has 2 unspecified atom stereocenters. The Morgan fingerprint density at radius 3 is 2.48 bits per heavy atom. The van der Waals surface area contributed by atoms with Crippen LogP contribution in [0.15, 0.2) is 18.2 Å². The van der Waals surface area contributed by atoms with Crippen LogP contribution in [0.4, 0.5) is 14.6 Å². The van der Waals surface area contributed by atoms with E-state index in [4.69, 9.17) is 24.3 Å². The van der Waals surface area contributed by atoms with Crippen LogP contribution in [0.25, 0.3) is 5.65 Å². The molecule has 0 radical (unpaired) electrons. The Bertz CT molecular complexity index is 1550. The summed E-state index contributed by atoms with van der Waals surface area (Å²) in [6, 6.07) is 3.92. The molecule has 1 aromatic carbocycles. The molecule has 266 valence electrons. The van der Waals surface area contributed by atoms with Gasteiger partial charge < -0.3 is 29.3 Å². The fourth-order valence-electron chi connectivity index (χ4n) is 6.15. The fourth-order valence-corrected chi connectivity index (χ4v) is 6.15. The number of fused-ring (bicyclic) bond motifs is 1. The molecule has 2 aromatic heterocycles. The van der Waals surface area contributed by atoms with Gasteiger partial charge in [0.1, 0.15) is 11.6 Å². The van der Waals surface area contributed by atoms with Crippen molar-refractivity contribution in [3.8, 4) is 5.75 Å². The lowest BCUT2D eigenvalue weighted by atomic mass is 9.92. The van der Waals surface area contributed by atoms with Crippen molar-refractivity contribution in [2.24, 2.45) is 0 Å². The van der Waals surface area contributed by atoms with Crippen molar-refractivity contribution in [1.82, 2.24) is 14.6 Å². The number of hydrogen-bond acceptors (Lipinski definition) is 9. The molecule has 2 atom stereocenters. The quantitative estimate of drug-likeness (QED) is 0.137. The van der Waals surface area contributed by atoms with Crippen molar-refractivity contribution in [1.29, 1.82) is 0 Å². The van der Waals surface area contributed by atoms with E-state index in [1.165, 1.54) is 0 Å². The van der Waals surface area contributed by atoms with Gasteiger partial charge >= 0.3 is 5.97 Å². The van der Waals surface area contributed by atoms with Gasteiger partial charge in [-0.05, 0) is 112 Å². The fraction of sp³-hybridized carbons (Fsp3) is 0.639. The standard InChI is InChI=1S/C36H52F2N4O6/c1-8-46-34(45)32(48-35(4,5)6)30-24(3)39-29-22-25(13-11-14-26-28(44)16-15-27(37)31(26)38)40-42(29)33(30)41-19-17-36(7,18-20-41)47-21-10-9-12-23(2)43/h15-16,22-23,32,43-44H,8-14,17-21H2,1-7H3. The number of carbonyl (C=O) groups excluding carboxylic acids is 1. The molecule has 1 aliphatic heterocycles. The number of halogens is 2. The van der Waals surface area contributed by atoms with Crippen molar-refractivity contribution in [3.05, 3.63) is 52.3 Å². The van der Waals surface area contributed by atoms with Crippen molar-refractivity contribution in [2.45, 2.75) is 123 Å². The zero-order chi connectivity index (χ0) is 35.2. The number of esters is 1. The van der Waals surface area contributed by atoms with Crippen LogP contribution in [0.5, 0.6) is 5.75 Å². The Hall–Kier alpha value is -3.35. The van der Waals surface area contributed by atoms with Crippen LogP contribution >= 0.6 is 0 Å². The monoisotopic (exact) mass is 674 g/mol. The molecule has 2 N–H and O–H groups in total. The van der Waals surface area contributed by atoms with Gasteiger partial charge in [0.2, 0.25) is 0 Å². The normalized spacial score (nSPS) is 16.3. The minimum atomic E-state index is -1.05. The molecule has 0 saturated carbocycles. The maximum atomic E-state index is 14.4. The molecule has 3 aromatic rings. The maximum absolute atomic E-state index is 14.4. The van der Waals surface area contributed by atoms with Crippen LogP contribution in [0.1, 0.15) is 109 Å². The summed E-state index contributed by atoms with van der Waals surface area (Å²) in [5.41, 5.74) is 1.41. The largest absolute Gasteiger partial charge is 0.508 e. The number of unbranched alkanes of at least 4 members (excludes halogenated alkanes) is 1. The van der Waals surface area contributed by atoms with Crippen LogP contribution in [-0.4, -0.2) is 74.4 Å². The summed E-state index contributed by atoms with van der Waals surface area (Å²) in [6.07, 6.45) is 3.62. The van der Waals surface area contributed by atoms with E-state index in [0.29, 0.717) is 61.0 Å². The summed E-state index contributed by atoms with van der Waals surface area (Å²) in [5.74, 6) is -2.14. The molecule has 4 rings (SSSR count). The summed E-state index contributed by atoms with van der Waals surface area (Å²) in [5, 5.41) is 24.6. The van der Waals surface area contributed by atoms with Gasteiger partial charge in [-0.2, -0.15) is 9.61 Å². The van der Waals surface area contributed by atoms with Gasteiger partial charge in [0.25, 0.3) is 0 Å². The summed E-state index contributed by atoms with van der Waals surface area (Å²) in [7, 11) is 0. The molecule has 1 saturated heterocycles. The first-order valence-corrected chi connectivity index (χ1v) is 17.1. The zero-order valence-corrected chi connectivity index (χ0v) is 29.4. The van der Waals surface area contributed by atoms with Gasteiger partial charge in [0.15, 0.2) is 23.4 Å². The van der Waals surface area contributed by atoms with Gasteiger partial charge in [-0.15, -0.1) is 0 Å². The zero-order valence-electron chi connectivity index (χ0n) is 29.4. The van der Waals surface area contributed by atoms with E-state index in [2.05, 4.69) is 11.8 Å². The van der Waals surface area contributed by atoms with E-state index in [1.54, 1.807) is 18.4 Å². The van der Waals surface area contributed by atoms with E-state index in [0.717, 1.165) is 44.2 Å². The highest BCUT2D eigenvalue weighted by atomic mass is 19.2. The van der Waals surface area contributed by atoms with Crippen LogP contribution in [0, 0.1) is 18.6 Å². The van der Waals surface area contributed by atoms with Crippen LogP contribution < -0.4 is 4.90 Å². The third-order valence-electron chi connectivity index (χ3n) is 8.71. The van der Waals surface area contributed by atoms with Gasteiger partial charge in [0, 0.05) is 37.0 Å². The number of aliphatic hydroxyl groups excluding tert-OH is 1. The predicted molar refractivity (Wildman–Crippen MR) is 179 cm³/mol. The lowest BCUT2D eigenvalue weighted by Crippen LogP contribution is -2.46. The Labute approximate surface area is 282 Å². The number of aliphatic hydroxyl groups is 1. The lowest BCUT2D eigenvalue weighted by Gasteiger charge is -2.41. The van der Waals surface area contributed by atoms with E-state index in [-0.39, 0.29) is 36.0 Å². The molecule has 1 fully saturated rings. The minimum absolute atomic E-state index is 0.0612. The third-order valence-corrected chi connectivity index (χ3v) is 8.71. The highest BCUT2D eigenvalue weighted by Gasteiger charge is 2.38. The van der Waals surface area contributed by atoms with Crippen molar-refractivity contribution in [2.75, 3.05) is 31.2 Å². The van der Waals surface area contributed by atoms with E-state index in [9.17, 15) is 23.8 Å². The average Bonchev–Trinajstić information content (AvgIpc) is 3.41. The number of benzene rings is 1. The number of aromatic nitrogens is 3. The van der Waals surface area contributed by atoms with Crippen molar-refractivity contribution >= 4 is 17.4 Å². The first kappa shape index (κ1) is 37.5. The molecular formula is C36H52F2N4O6. The number of aromatic hydroxyl groups is 1. The van der Waals surface area contributed by atoms with E-state index < -0.39 is 29.3 Å². The number of anilines is 1. The van der Waals surface area contributed by atoms with E-state index in [1.807, 2.05) is 33.8 Å². The van der Waals surface area contributed by atoms with Crippen LogP contribution in [0.2, 0.25) is 0 Å². The number of phenolic OH excluding ortho intramolecular Hbond substituents is 1. The number of rotatable bonds is 15. The summed E-state index contributed by atoms with van der Waals surface area (Å²) < 4.78 is 48.2. The van der Waals surface area contributed by atoms with Crippen LogP contribution in [0.3, 0.4) is 0 Å². The molecule has 0 amide bonds. The number of carbonyl (C=O) groups is 1. The minimum Gasteiger partial charge on any atom is -0.508 e. The first-order valence-electron chi connectivity index (χ1n) is 17.1. The van der Waals surface area contributed by atoms with E-state index >= 15 is 0 Å². The molecule has 0 aliphatic carbocycles. The second-order valence-corrected chi connectivity index (χ2v) is 14.0. The smallest absolute Gasteiger partial charge is 0.340 e. The number of piperidine rings is 1. The Kier molecular flexibility index (Phi) is 12.4. The Balaban J connectivity index is 1.66. The predicted octanol–water partition coefficient (Wildman–Crippen LogP) is 6.54. The molecule has 48 heavy (non-hydrogen) atoms. The molecule has 3 heterocycles. The molecule has 1 aliphatic rings. The van der Waals surface area contributed by atoms with Gasteiger partial charge in [-0.3, -0.25) is 0 Å². The molecule has 0 bridgehead atoms. The summed E-state index contributed by atoms with van der Waals surface area (Å²) in [6.45, 7) is 15.3. The number of phenols is 1. The van der Waals surface area contributed by atoms with Crippen molar-refractivity contribution in [3.63, 3.8) is 0 Å². The Morgan fingerprint density at radius 1 is 1.12 bits per heavy atom. The third kappa shape index (κ3) is 9.41. The lowest BCUT2D eigenvalue weighted by molar-refractivity contribution is -0.166. The second-order valence-electron chi connectivity index (χ2n) is 14.0. The molecular weight excluding hydrogens is 622 g/mol. The maximum Gasteiger partial charge on any atom is 0.340 e. The molecule has 0 spiro atoms. The Morgan fingerprint density at radius 2 is 1.83 bits per heavy atom. The van der Waals surface area contributed by atoms with Crippen LogP contribution in [-0.2, 0) is 31.8 Å². The highest BCUT2D eigenvalue weighted by Crippen LogP contribution is 2.38. The molecule has 10 nitrogen and oxygen atoms in total. The first-order chi connectivity index (χ1) is 22.6. The van der Waals surface area contributed by atoms with Gasteiger partial charge in [-0.25, -0.2) is 18.6 Å². The summed E-state index contributed by atoms with van der Waals surface area (Å²) in [4.78, 5) is 20.5. The van der Waals surface area contributed by atoms with Crippen molar-refractivity contribution < 1.29 is 38.0 Å². The van der Waals surface area contributed by atoms with Gasteiger partial charge in [0.05, 0.1) is 35.2 Å². The number of hydrogen-bond donors (Lipinski definition) is 2. The second kappa shape index (κ2) is 15.9. The summed E-state index contributed by atoms with van der Waals surface area (Å²) >= 11 is 0.